The number of amides is 1. The molecule has 1 heterocycles. The van der Waals surface area contributed by atoms with Gasteiger partial charge in [0.25, 0.3) is 0 Å². The van der Waals surface area contributed by atoms with Crippen LogP contribution in [-0.2, 0) is 16.0 Å². The highest BCUT2D eigenvalue weighted by Gasteiger charge is 2.23. The number of ether oxygens (including phenoxy) is 1. The van der Waals surface area contributed by atoms with Crippen molar-refractivity contribution >= 4 is 23.6 Å². The molecule has 6 heteroatoms. The normalized spacial score (nSPS) is 14.4. The molecule has 0 saturated carbocycles. The SMILES string of the molecule is CCOc1cc(CC(=O)NC(c2ccccc2)c2ccccc2N2CCCCC2)ccc1/C=C/C(=O)[O-]. The van der Waals surface area contributed by atoms with Crippen LogP contribution in [0, 0.1) is 0 Å². The van der Waals surface area contributed by atoms with E-state index in [0.717, 1.165) is 35.9 Å². The van der Waals surface area contributed by atoms with E-state index in [1.54, 1.807) is 12.1 Å². The molecule has 37 heavy (non-hydrogen) atoms. The van der Waals surface area contributed by atoms with E-state index < -0.39 is 5.97 Å². The molecule has 0 spiro atoms. The van der Waals surface area contributed by atoms with Gasteiger partial charge in [0.1, 0.15) is 5.75 Å². The van der Waals surface area contributed by atoms with Crippen LogP contribution >= 0.6 is 0 Å². The van der Waals surface area contributed by atoms with E-state index >= 15 is 0 Å². The third kappa shape index (κ3) is 7.00. The Bertz CT molecular complexity index is 1230. The van der Waals surface area contributed by atoms with Gasteiger partial charge in [-0.3, -0.25) is 4.79 Å². The number of carbonyl (C=O) groups is 2. The van der Waals surface area contributed by atoms with Gasteiger partial charge in [0, 0.05) is 29.9 Å². The maximum atomic E-state index is 13.4. The fourth-order valence-corrected chi connectivity index (χ4v) is 4.80. The number of piperidine rings is 1. The third-order valence-electron chi connectivity index (χ3n) is 6.52. The molecule has 1 aliphatic rings. The summed E-state index contributed by atoms with van der Waals surface area (Å²) in [5.74, 6) is -0.856. The third-order valence-corrected chi connectivity index (χ3v) is 6.52. The highest BCUT2D eigenvalue weighted by atomic mass is 16.5. The van der Waals surface area contributed by atoms with Crippen molar-refractivity contribution in [3.8, 4) is 5.75 Å². The number of nitrogens with one attached hydrogen (secondary N) is 1. The molecule has 0 bridgehead atoms. The lowest BCUT2D eigenvalue weighted by Gasteiger charge is -2.33. The number of hydrogen-bond donors (Lipinski definition) is 1. The summed E-state index contributed by atoms with van der Waals surface area (Å²) in [6.07, 6.45) is 6.17. The first-order chi connectivity index (χ1) is 18.0. The number of hydrogen-bond acceptors (Lipinski definition) is 5. The Morgan fingerprint density at radius 3 is 2.46 bits per heavy atom. The van der Waals surface area contributed by atoms with E-state index in [0.29, 0.717) is 17.9 Å². The van der Waals surface area contributed by atoms with Crippen LogP contribution in [0.4, 0.5) is 5.69 Å². The number of carboxylic acid groups (broad SMARTS) is 1. The van der Waals surface area contributed by atoms with Crippen molar-refractivity contribution in [2.24, 2.45) is 0 Å². The Hall–Kier alpha value is -4.06. The second kappa shape index (κ2) is 12.8. The lowest BCUT2D eigenvalue weighted by molar-refractivity contribution is -0.297. The van der Waals surface area contributed by atoms with Gasteiger partial charge >= 0.3 is 0 Å². The first-order valence-electron chi connectivity index (χ1n) is 12.9. The number of carbonyl (C=O) groups excluding carboxylic acids is 2. The Morgan fingerprint density at radius 1 is 1.00 bits per heavy atom. The Kier molecular flexibility index (Phi) is 8.98. The molecular formula is C31H33N2O4-. The molecule has 1 amide bonds. The maximum absolute atomic E-state index is 13.4. The van der Waals surface area contributed by atoms with Crippen LogP contribution in [0.3, 0.4) is 0 Å². The van der Waals surface area contributed by atoms with Crippen LogP contribution in [0.1, 0.15) is 54.5 Å². The van der Waals surface area contributed by atoms with E-state index in [2.05, 4.69) is 28.4 Å². The molecule has 1 aliphatic heterocycles. The predicted octanol–water partition coefficient (Wildman–Crippen LogP) is 4.29. The van der Waals surface area contributed by atoms with E-state index in [-0.39, 0.29) is 18.4 Å². The van der Waals surface area contributed by atoms with Crippen molar-refractivity contribution < 1.29 is 19.4 Å². The fourth-order valence-electron chi connectivity index (χ4n) is 4.80. The van der Waals surface area contributed by atoms with Crippen molar-refractivity contribution in [2.75, 3.05) is 24.6 Å². The summed E-state index contributed by atoms with van der Waals surface area (Å²) in [6, 6.07) is 23.5. The van der Waals surface area contributed by atoms with Gasteiger partial charge in [0.15, 0.2) is 0 Å². The summed E-state index contributed by atoms with van der Waals surface area (Å²) in [5, 5.41) is 14.1. The second-order valence-electron chi connectivity index (χ2n) is 9.15. The van der Waals surface area contributed by atoms with Crippen molar-refractivity contribution in [3.05, 3.63) is 101 Å². The molecule has 1 unspecified atom stereocenters. The summed E-state index contributed by atoms with van der Waals surface area (Å²) < 4.78 is 5.69. The van der Waals surface area contributed by atoms with Crippen molar-refractivity contribution in [3.63, 3.8) is 0 Å². The molecule has 4 rings (SSSR count). The molecule has 1 N–H and O–H groups in total. The number of para-hydroxylation sites is 1. The topological polar surface area (TPSA) is 81.7 Å². The second-order valence-corrected chi connectivity index (χ2v) is 9.15. The van der Waals surface area contributed by atoms with Gasteiger partial charge in [0.05, 0.1) is 25.0 Å². The maximum Gasteiger partial charge on any atom is 0.225 e. The first kappa shape index (κ1) is 26.0. The molecule has 0 aliphatic carbocycles. The van der Waals surface area contributed by atoms with Crippen LogP contribution < -0.4 is 20.1 Å². The summed E-state index contributed by atoms with van der Waals surface area (Å²) >= 11 is 0. The zero-order chi connectivity index (χ0) is 26.0. The molecule has 192 valence electrons. The molecule has 1 atom stereocenters. The minimum Gasteiger partial charge on any atom is -0.545 e. The number of nitrogens with zero attached hydrogens (tertiary/aromatic N) is 1. The zero-order valence-corrected chi connectivity index (χ0v) is 21.2. The zero-order valence-electron chi connectivity index (χ0n) is 21.2. The van der Waals surface area contributed by atoms with Crippen LogP contribution in [0.2, 0.25) is 0 Å². The average molecular weight is 498 g/mol. The van der Waals surface area contributed by atoms with E-state index in [4.69, 9.17) is 4.74 Å². The first-order valence-corrected chi connectivity index (χ1v) is 12.9. The monoisotopic (exact) mass is 497 g/mol. The lowest BCUT2D eigenvalue weighted by Crippen LogP contribution is -2.34. The molecular weight excluding hydrogens is 464 g/mol. The number of aliphatic carboxylic acids is 1. The van der Waals surface area contributed by atoms with Crippen LogP contribution in [0.25, 0.3) is 6.08 Å². The van der Waals surface area contributed by atoms with Crippen molar-refractivity contribution in [2.45, 2.75) is 38.6 Å². The number of rotatable bonds is 10. The van der Waals surface area contributed by atoms with Gasteiger partial charge in [-0.05, 0) is 61.6 Å². The minimum atomic E-state index is -1.28. The van der Waals surface area contributed by atoms with Crippen LogP contribution in [0.5, 0.6) is 5.75 Å². The Labute approximate surface area is 218 Å². The van der Waals surface area contributed by atoms with Gasteiger partial charge < -0.3 is 24.9 Å². The molecule has 3 aromatic carbocycles. The van der Waals surface area contributed by atoms with Gasteiger partial charge in [-0.15, -0.1) is 0 Å². The lowest BCUT2D eigenvalue weighted by atomic mass is 9.95. The van der Waals surface area contributed by atoms with E-state index in [1.165, 1.54) is 31.0 Å². The minimum absolute atomic E-state index is 0.109. The summed E-state index contributed by atoms with van der Waals surface area (Å²) in [5.41, 5.74) is 4.68. The smallest absolute Gasteiger partial charge is 0.225 e. The average Bonchev–Trinajstić information content (AvgIpc) is 2.92. The highest BCUT2D eigenvalue weighted by Crippen LogP contribution is 2.32. The molecule has 6 nitrogen and oxygen atoms in total. The Balaban J connectivity index is 1.59. The van der Waals surface area contributed by atoms with Crippen LogP contribution in [0.15, 0.2) is 78.9 Å². The Morgan fingerprint density at radius 2 is 1.73 bits per heavy atom. The van der Waals surface area contributed by atoms with Gasteiger partial charge in [0.2, 0.25) is 5.91 Å². The summed E-state index contributed by atoms with van der Waals surface area (Å²) in [4.78, 5) is 26.6. The number of carboxylic acids is 1. The van der Waals surface area contributed by atoms with Gasteiger partial charge in [-0.2, -0.15) is 0 Å². The molecule has 0 radical (unpaired) electrons. The van der Waals surface area contributed by atoms with Crippen molar-refractivity contribution in [1.82, 2.24) is 5.32 Å². The van der Waals surface area contributed by atoms with Crippen LogP contribution in [-0.4, -0.2) is 31.6 Å². The van der Waals surface area contributed by atoms with E-state index in [1.807, 2.05) is 49.4 Å². The number of benzene rings is 3. The molecule has 1 fully saturated rings. The molecule has 0 aromatic heterocycles. The van der Waals surface area contributed by atoms with E-state index in [9.17, 15) is 14.7 Å². The number of anilines is 1. The summed E-state index contributed by atoms with van der Waals surface area (Å²) in [6.45, 7) is 4.32. The largest absolute Gasteiger partial charge is 0.545 e. The highest BCUT2D eigenvalue weighted by molar-refractivity contribution is 5.84. The fraction of sp³-hybridized carbons (Fsp3) is 0.290. The molecule has 1 saturated heterocycles. The molecule has 3 aromatic rings. The standard InChI is InChI=1S/C31H34N2O4/c1-2-37-28-21-23(15-16-24(28)17-18-30(35)36)22-29(34)32-31(25-11-5-3-6-12-25)26-13-7-8-14-27(26)33-19-9-4-10-20-33/h3,5-8,11-18,21,31H,2,4,9-10,19-20,22H2,1H3,(H,32,34)(H,35,36)/p-1/b18-17+. The quantitative estimate of drug-likeness (QED) is 0.423. The van der Waals surface area contributed by atoms with Gasteiger partial charge in [-0.25, -0.2) is 0 Å². The van der Waals surface area contributed by atoms with Crippen molar-refractivity contribution in [1.29, 1.82) is 0 Å². The summed E-state index contributed by atoms with van der Waals surface area (Å²) in [7, 11) is 0. The predicted molar refractivity (Wildman–Crippen MR) is 144 cm³/mol. The van der Waals surface area contributed by atoms with Gasteiger partial charge in [-0.1, -0.05) is 60.7 Å².